The largest absolute Gasteiger partial charge is 0.497 e. The molecule has 7 heteroatoms. The van der Waals surface area contributed by atoms with E-state index in [2.05, 4.69) is 63.6 Å². The molecule has 2 fully saturated rings. The first kappa shape index (κ1) is 24.8. The van der Waals surface area contributed by atoms with Gasteiger partial charge in [-0.05, 0) is 35.4 Å². The van der Waals surface area contributed by atoms with Gasteiger partial charge < -0.3 is 19.9 Å². The van der Waals surface area contributed by atoms with Crippen molar-refractivity contribution < 1.29 is 14.3 Å². The van der Waals surface area contributed by atoms with Crippen molar-refractivity contribution in [1.29, 1.82) is 0 Å². The molecule has 5 rings (SSSR count). The van der Waals surface area contributed by atoms with Gasteiger partial charge in [0, 0.05) is 69.7 Å². The molecule has 0 spiro atoms. The Morgan fingerprint density at radius 2 is 1.59 bits per heavy atom. The molecule has 0 radical (unpaired) electrons. The molecule has 192 valence electrons. The van der Waals surface area contributed by atoms with Crippen LogP contribution in [0.1, 0.15) is 17.5 Å². The lowest BCUT2D eigenvalue weighted by Gasteiger charge is -2.36. The molecule has 3 aromatic carbocycles. The zero-order valence-corrected chi connectivity index (χ0v) is 21.3. The third-order valence-electron chi connectivity index (χ3n) is 7.32. The molecule has 0 bridgehead atoms. The van der Waals surface area contributed by atoms with Crippen LogP contribution in [-0.2, 0) is 22.7 Å². The number of hydrogen-bond donors (Lipinski definition) is 1. The van der Waals surface area contributed by atoms with E-state index >= 15 is 0 Å². The van der Waals surface area contributed by atoms with E-state index in [9.17, 15) is 9.59 Å². The number of amides is 2. The minimum absolute atomic E-state index is 0.0385. The fourth-order valence-electron chi connectivity index (χ4n) is 5.17. The molecule has 7 nitrogen and oxygen atoms in total. The number of carbonyl (C=O) groups excluding carboxylic acids is 2. The topological polar surface area (TPSA) is 65.1 Å². The Bertz CT molecular complexity index is 1220. The number of carbonyl (C=O) groups is 2. The first-order chi connectivity index (χ1) is 18.1. The second-order valence-corrected chi connectivity index (χ2v) is 9.69. The van der Waals surface area contributed by atoms with Crippen LogP contribution in [0.5, 0.6) is 5.75 Å². The van der Waals surface area contributed by atoms with Crippen LogP contribution in [0.4, 0.5) is 11.4 Å². The SMILES string of the molecule is COc1cccc(N2CC(C(=O)NCc3ccccc3CN3CCN(c4ccccc4)CC3)CC2=O)c1. The lowest BCUT2D eigenvalue weighted by molar-refractivity contribution is -0.126. The van der Waals surface area contributed by atoms with E-state index in [1.54, 1.807) is 12.0 Å². The van der Waals surface area contributed by atoms with Crippen molar-refractivity contribution in [2.24, 2.45) is 5.92 Å². The number of piperazine rings is 1. The lowest BCUT2D eigenvalue weighted by atomic mass is 10.0. The Labute approximate surface area is 218 Å². The van der Waals surface area contributed by atoms with E-state index in [0.29, 0.717) is 18.8 Å². The Morgan fingerprint density at radius 1 is 0.892 bits per heavy atom. The number of para-hydroxylation sites is 1. The number of anilines is 2. The van der Waals surface area contributed by atoms with Crippen LogP contribution in [0, 0.1) is 5.92 Å². The van der Waals surface area contributed by atoms with Crippen molar-refractivity contribution in [2.45, 2.75) is 19.5 Å². The predicted molar refractivity (Wildman–Crippen MR) is 146 cm³/mol. The Hall–Kier alpha value is -3.84. The third-order valence-corrected chi connectivity index (χ3v) is 7.32. The molecule has 0 saturated carbocycles. The highest BCUT2D eigenvalue weighted by atomic mass is 16.5. The van der Waals surface area contributed by atoms with Crippen molar-refractivity contribution in [1.82, 2.24) is 10.2 Å². The molecule has 2 aliphatic rings. The zero-order chi connectivity index (χ0) is 25.6. The number of nitrogens with zero attached hydrogens (tertiary/aromatic N) is 3. The van der Waals surface area contributed by atoms with Crippen molar-refractivity contribution in [3.8, 4) is 5.75 Å². The number of rotatable bonds is 8. The first-order valence-electron chi connectivity index (χ1n) is 12.9. The highest BCUT2D eigenvalue weighted by molar-refractivity contribution is 6.00. The van der Waals surface area contributed by atoms with Crippen molar-refractivity contribution in [2.75, 3.05) is 49.6 Å². The molecule has 1 atom stereocenters. The molecule has 0 aliphatic carbocycles. The number of nitrogens with one attached hydrogen (secondary N) is 1. The average Bonchev–Trinajstić information content (AvgIpc) is 3.35. The van der Waals surface area contributed by atoms with Gasteiger partial charge in [-0.25, -0.2) is 0 Å². The van der Waals surface area contributed by atoms with Crippen molar-refractivity contribution in [3.63, 3.8) is 0 Å². The minimum atomic E-state index is -0.364. The highest BCUT2D eigenvalue weighted by Gasteiger charge is 2.35. The number of ether oxygens (including phenoxy) is 1. The Morgan fingerprint density at radius 3 is 2.35 bits per heavy atom. The van der Waals surface area contributed by atoms with Gasteiger partial charge in [0.05, 0.1) is 13.0 Å². The van der Waals surface area contributed by atoms with Crippen LogP contribution < -0.4 is 19.9 Å². The summed E-state index contributed by atoms with van der Waals surface area (Å²) in [4.78, 5) is 32.2. The molecule has 2 saturated heterocycles. The van der Waals surface area contributed by atoms with Crippen LogP contribution in [0.25, 0.3) is 0 Å². The standard InChI is InChI=1S/C30H34N4O3/c1-37-28-13-7-12-27(19-28)34-22-25(18-29(34)35)30(36)31-20-23-8-5-6-9-24(23)21-32-14-16-33(17-15-32)26-10-3-2-4-11-26/h2-13,19,25H,14-18,20-22H2,1H3,(H,31,36). The van der Waals surface area contributed by atoms with E-state index in [0.717, 1.165) is 44.0 Å². The predicted octanol–water partition coefficient (Wildman–Crippen LogP) is 3.69. The van der Waals surface area contributed by atoms with Crippen LogP contribution in [0.3, 0.4) is 0 Å². The molecule has 37 heavy (non-hydrogen) atoms. The molecular weight excluding hydrogens is 464 g/mol. The van der Waals surface area contributed by atoms with Crippen LogP contribution >= 0.6 is 0 Å². The summed E-state index contributed by atoms with van der Waals surface area (Å²) in [6.45, 7) is 5.71. The molecule has 1 unspecified atom stereocenters. The summed E-state index contributed by atoms with van der Waals surface area (Å²) in [6.07, 6.45) is 0.219. The third kappa shape index (κ3) is 5.94. The van der Waals surface area contributed by atoms with Gasteiger partial charge in [-0.15, -0.1) is 0 Å². The van der Waals surface area contributed by atoms with Gasteiger partial charge in [0.2, 0.25) is 11.8 Å². The van der Waals surface area contributed by atoms with Crippen LogP contribution in [-0.4, -0.2) is 56.5 Å². The molecule has 2 aliphatic heterocycles. The monoisotopic (exact) mass is 498 g/mol. The van der Waals surface area contributed by atoms with Crippen LogP contribution in [0.15, 0.2) is 78.9 Å². The van der Waals surface area contributed by atoms with Gasteiger partial charge in [0.15, 0.2) is 0 Å². The maximum atomic E-state index is 13.0. The molecule has 0 aromatic heterocycles. The quantitative estimate of drug-likeness (QED) is 0.513. The fraction of sp³-hybridized carbons (Fsp3) is 0.333. The Balaban J connectivity index is 1.15. The molecular formula is C30H34N4O3. The second-order valence-electron chi connectivity index (χ2n) is 9.69. The summed E-state index contributed by atoms with van der Waals surface area (Å²) in [5, 5.41) is 3.09. The summed E-state index contributed by atoms with van der Waals surface area (Å²) >= 11 is 0. The highest BCUT2D eigenvalue weighted by Crippen LogP contribution is 2.28. The summed E-state index contributed by atoms with van der Waals surface area (Å²) in [7, 11) is 1.60. The number of methoxy groups -OCH3 is 1. The normalized spacial score (nSPS) is 18.2. The molecule has 3 aromatic rings. The van der Waals surface area contributed by atoms with Gasteiger partial charge >= 0.3 is 0 Å². The zero-order valence-electron chi connectivity index (χ0n) is 21.3. The van der Waals surface area contributed by atoms with E-state index in [1.807, 2.05) is 30.3 Å². The lowest BCUT2D eigenvalue weighted by Crippen LogP contribution is -2.46. The Kier molecular flexibility index (Phi) is 7.70. The van der Waals surface area contributed by atoms with Gasteiger partial charge in [-0.2, -0.15) is 0 Å². The van der Waals surface area contributed by atoms with Crippen molar-refractivity contribution in [3.05, 3.63) is 90.0 Å². The summed E-state index contributed by atoms with van der Waals surface area (Å²) in [6, 6.07) is 26.3. The van der Waals surface area contributed by atoms with Gasteiger partial charge in [0.25, 0.3) is 0 Å². The second kappa shape index (κ2) is 11.5. The van der Waals surface area contributed by atoms with E-state index in [4.69, 9.17) is 4.74 Å². The maximum absolute atomic E-state index is 13.0. The van der Waals surface area contributed by atoms with Crippen LogP contribution in [0.2, 0.25) is 0 Å². The van der Waals surface area contributed by atoms with Gasteiger partial charge in [-0.3, -0.25) is 14.5 Å². The smallest absolute Gasteiger partial charge is 0.227 e. The van der Waals surface area contributed by atoms with Gasteiger partial charge in [-0.1, -0.05) is 48.5 Å². The number of benzene rings is 3. The molecule has 2 heterocycles. The van der Waals surface area contributed by atoms with E-state index in [-0.39, 0.29) is 24.2 Å². The fourth-order valence-corrected chi connectivity index (χ4v) is 5.17. The molecule has 2 amide bonds. The summed E-state index contributed by atoms with van der Waals surface area (Å²) < 4.78 is 5.28. The maximum Gasteiger partial charge on any atom is 0.227 e. The average molecular weight is 499 g/mol. The van der Waals surface area contributed by atoms with Gasteiger partial charge in [0.1, 0.15) is 5.75 Å². The first-order valence-corrected chi connectivity index (χ1v) is 12.9. The summed E-state index contributed by atoms with van der Waals surface area (Å²) in [5.74, 6) is 0.210. The molecule has 1 N–H and O–H groups in total. The number of hydrogen-bond acceptors (Lipinski definition) is 5. The minimum Gasteiger partial charge on any atom is -0.497 e. The summed E-state index contributed by atoms with van der Waals surface area (Å²) in [5.41, 5.74) is 4.39. The van der Waals surface area contributed by atoms with E-state index in [1.165, 1.54) is 11.3 Å². The van der Waals surface area contributed by atoms with Crippen molar-refractivity contribution >= 4 is 23.2 Å². The van der Waals surface area contributed by atoms with E-state index < -0.39 is 0 Å².